The van der Waals surface area contributed by atoms with Crippen molar-refractivity contribution in [2.45, 2.75) is 58.6 Å². The zero-order valence-electron chi connectivity index (χ0n) is 16.4. The fraction of sp³-hybridized carbons (Fsp3) is 0.882. The number of nitrogens with zero attached hydrogens (tertiary/aromatic N) is 2. The number of likely N-dealkylation sites (N-methyl/N-ethyl adjacent to an activating group) is 1. The second-order valence-electron chi connectivity index (χ2n) is 7.09. The molecule has 0 aliphatic carbocycles. The first kappa shape index (κ1) is 24.2. The molecule has 1 heterocycles. The van der Waals surface area contributed by atoms with E-state index in [2.05, 4.69) is 32.8 Å². The Morgan fingerprint density at radius 3 is 2.48 bits per heavy atom. The van der Waals surface area contributed by atoms with Crippen LogP contribution in [0.5, 0.6) is 0 Å². The SMILES string of the molecule is CCN1CCCCC1CNC(=NC)NCCNC(=O)OC(C)(C)C.I. The molecule has 25 heavy (non-hydrogen) atoms. The molecule has 1 amide bonds. The molecule has 1 aliphatic rings. The number of hydrogen-bond donors (Lipinski definition) is 3. The Morgan fingerprint density at radius 2 is 1.88 bits per heavy atom. The quantitative estimate of drug-likeness (QED) is 0.241. The summed E-state index contributed by atoms with van der Waals surface area (Å²) in [4.78, 5) is 18.3. The molecule has 3 N–H and O–H groups in total. The van der Waals surface area contributed by atoms with Crippen LogP contribution in [0.1, 0.15) is 47.0 Å². The van der Waals surface area contributed by atoms with Crippen LogP contribution < -0.4 is 16.0 Å². The third-order valence-corrected chi connectivity index (χ3v) is 3.97. The van der Waals surface area contributed by atoms with E-state index in [9.17, 15) is 4.79 Å². The summed E-state index contributed by atoms with van der Waals surface area (Å²) in [5.41, 5.74) is -0.472. The molecule has 8 heteroatoms. The van der Waals surface area contributed by atoms with Crippen molar-refractivity contribution in [3.05, 3.63) is 0 Å². The van der Waals surface area contributed by atoms with Gasteiger partial charge in [0.2, 0.25) is 0 Å². The summed E-state index contributed by atoms with van der Waals surface area (Å²) in [5, 5.41) is 9.32. The molecular formula is C17H36IN5O2. The molecule has 1 saturated heterocycles. The molecule has 1 unspecified atom stereocenters. The molecule has 0 aromatic heterocycles. The summed E-state index contributed by atoms with van der Waals surface area (Å²) >= 11 is 0. The highest BCUT2D eigenvalue weighted by atomic mass is 127. The minimum absolute atomic E-state index is 0. The predicted octanol–water partition coefficient (Wildman–Crippen LogP) is 2.17. The van der Waals surface area contributed by atoms with Crippen LogP contribution in [-0.4, -0.2) is 68.4 Å². The zero-order valence-corrected chi connectivity index (χ0v) is 18.7. The molecule has 0 saturated carbocycles. The topological polar surface area (TPSA) is 78.0 Å². The molecule has 1 atom stereocenters. The molecule has 0 aromatic rings. The van der Waals surface area contributed by atoms with E-state index in [1.54, 1.807) is 7.05 Å². The predicted molar refractivity (Wildman–Crippen MR) is 114 cm³/mol. The van der Waals surface area contributed by atoms with E-state index in [0.29, 0.717) is 19.1 Å². The van der Waals surface area contributed by atoms with Gasteiger partial charge in [-0.1, -0.05) is 13.3 Å². The number of likely N-dealkylation sites (tertiary alicyclic amines) is 1. The van der Waals surface area contributed by atoms with E-state index in [1.165, 1.54) is 25.8 Å². The van der Waals surface area contributed by atoms with Gasteiger partial charge >= 0.3 is 6.09 Å². The molecule has 1 fully saturated rings. The lowest BCUT2D eigenvalue weighted by molar-refractivity contribution is 0.0529. The van der Waals surface area contributed by atoms with Gasteiger partial charge in [-0.15, -0.1) is 24.0 Å². The number of piperidine rings is 1. The third-order valence-electron chi connectivity index (χ3n) is 3.97. The first-order chi connectivity index (χ1) is 11.4. The van der Waals surface area contributed by atoms with Gasteiger partial charge in [0.15, 0.2) is 5.96 Å². The molecule has 0 spiro atoms. The monoisotopic (exact) mass is 469 g/mol. The number of guanidine groups is 1. The maximum Gasteiger partial charge on any atom is 0.407 e. The Labute approximate surface area is 169 Å². The number of ether oxygens (including phenoxy) is 1. The Hall–Kier alpha value is -0.770. The van der Waals surface area contributed by atoms with Crippen molar-refractivity contribution in [2.75, 3.05) is 39.8 Å². The van der Waals surface area contributed by atoms with Crippen LogP contribution in [0.3, 0.4) is 0 Å². The van der Waals surface area contributed by atoms with Gasteiger partial charge in [0, 0.05) is 32.7 Å². The maximum atomic E-state index is 11.6. The molecule has 0 radical (unpaired) electrons. The molecule has 1 aliphatic heterocycles. The minimum Gasteiger partial charge on any atom is -0.444 e. The summed E-state index contributed by atoms with van der Waals surface area (Å²) < 4.78 is 5.19. The van der Waals surface area contributed by atoms with Crippen LogP contribution in [-0.2, 0) is 4.74 Å². The molecule has 0 aromatic carbocycles. The van der Waals surface area contributed by atoms with E-state index in [0.717, 1.165) is 19.0 Å². The fourth-order valence-electron chi connectivity index (χ4n) is 2.80. The molecule has 0 bridgehead atoms. The highest BCUT2D eigenvalue weighted by molar-refractivity contribution is 14.0. The normalized spacial score (nSPS) is 18.9. The fourth-order valence-corrected chi connectivity index (χ4v) is 2.80. The van der Waals surface area contributed by atoms with E-state index >= 15 is 0 Å². The van der Waals surface area contributed by atoms with Gasteiger partial charge < -0.3 is 20.7 Å². The number of aliphatic imine (C=N–C) groups is 1. The van der Waals surface area contributed by atoms with Crippen molar-refractivity contribution in [3.63, 3.8) is 0 Å². The second kappa shape index (κ2) is 12.6. The van der Waals surface area contributed by atoms with Gasteiger partial charge in [-0.2, -0.15) is 0 Å². The van der Waals surface area contributed by atoms with E-state index in [4.69, 9.17) is 4.74 Å². The van der Waals surface area contributed by atoms with E-state index < -0.39 is 11.7 Å². The van der Waals surface area contributed by atoms with Crippen molar-refractivity contribution in [1.82, 2.24) is 20.9 Å². The van der Waals surface area contributed by atoms with E-state index in [-0.39, 0.29) is 24.0 Å². The number of alkyl carbamates (subject to hydrolysis) is 1. The number of carbonyl (C=O) groups excluding carboxylic acids is 1. The lowest BCUT2D eigenvalue weighted by Gasteiger charge is -2.35. The number of amides is 1. The zero-order chi connectivity index (χ0) is 18.0. The second-order valence-corrected chi connectivity index (χ2v) is 7.09. The van der Waals surface area contributed by atoms with Gasteiger partial charge in [0.25, 0.3) is 0 Å². The Kier molecular flexibility index (Phi) is 12.2. The van der Waals surface area contributed by atoms with Gasteiger partial charge in [-0.3, -0.25) is 9.89 Å². The summed E-state index contributed by atoms with van der Waals surface area (Å²) in [6, 6.07) is 0.571. The number of carbonyl (C=O) groups is 1. The number of hydrogen-bond acceptors (Lipinski definition) is 4. The largest absolute Gasteiger partial charge is 0.444 e. The van der Waals surface area contributed by atoms with Crippen LogP contribution >= 0.6 is 24.0 Å². The lowest BCUT2D eigenvalue weighted by Crippen LogP contribution is -2.49. The Morgan fingerprint density at radius 1 is 1.20 bits per heavy atom. The lowest BCUT2D eigenvalue weighted by atomic mass is 10.0. The summed E-state index contributed by atoms with van der Waals surface area (Å²) in [5.74, 6) is 0.766. The highest BCUT2D eigenvalue weighted by Crippen LogP contribution is 2.15. The van der Waals surface area contributed by atoms with Gasteiger partial charge in [-0.25, -0.2) is 4.79 Å². The van der Waals surface area contributed by atoms with Crippen molar-refractivity contribution in [3.8, 4) is 0 Å². The summed E-state index contributed by atoms with van der Waals surface area (Å²) in [6.45, 7) is 12.0. The number of nitrogens with one attached hydrogen (secondary N) is 3. The smallest absolute Gasteiger partial charge is 0.407 e. The van der Waals surface area contributed by atoms with Gasteiger partial charge in [-0.05, 0) is 46.7 Å². The average molecular weight is 469 g/mol. The number of halogens is 1. The minimum atomic E-state index is -0.472. The Bertz CT molecular complexity index is 412. The van der Waals surface area contributed by atoms with Gasteiger partial charge in [0.1, 0.15) is 5.60 Å². The van der Waals surface area contributed by atoms with Crippen LogP contribution in [0.4, 0.5) is 4.79 Å². The van der Waals surface area contributed by atoms with Crippen LogP contribution in [0.2, 0.25) is 0 Å². The average Bonchev–Trinajstić information content (AvgIpc) is 2.52. The standard InChI is InChI=1S/C17H35N5O2.HI/c1-6-22-12-8-7-9-14(22)13-21-15(18-5)19-10-11-20-16(23)24-17(2,3)4;/h14H,6-13H2,1-5H3,(H,20,23)(H2,18,19,21);1H. The van der Waals surface area contributed by atoms with Crippen LogP contribution in [0, 0.1) is 0 Å². The van der Waals surface area contributed by atoms with Crippen molar-refractivity contribution in [2.24, 2.45) is 4.99 Å². The molecule has 1 rings (SSSR count). The summed E-state index contributed by atoms with van der Waals surface area (Å²) in [7, 11) is 1.76. The van der Waals surface area contributed by atoms with Crippen molar-refractivity contribution < 1.29 is 9.53 Å². The molecule has 7 nitrogen and oxygen atoms in total. The first-order valence-electron chi connectivity index (χ1n) is 9.01. The molecular weight excluding hydrogens is 433 g/mol. The molecule has 148 valence electrons. The van der Waals surface area contributed by atoms with Crippen molar-refractivity contribution in [1.29, 1.82) is 0 Å². The Balaban J connectivity index is 0.00000576. The van der Waals surface area contributed by atoms with Crippen LogP contribution in [0.25, 0.3) is 0 Å². The van der Waals surface area contributed by atoms with Crippen LogP contribution in [0.15, 0.2) is 4.99 Å². The van der Waals surface area contributed by atoms with Gasteiger partial charge in [0.05, 0.1) is 0 Å². The summed E-state index contributed by atoms with van der Waals surface area (Å²) in [6.07, 6.45) is 3.44. The number of rotatable bonds is 6. The third kappa shape index (κ3) is 10.7. The highest BCUT2D eigenvalue weighted by Gasteiger charge is 2.20. The van der Waals surface area contributed by atoms with E-state index in [1.807, 2.05) is 20.8 Å². The maximum absolute atomic E-state index is 11.6. The van der Waals surface area contributed by atoms with Crippen molar-refractivity contribution >= 4 is 36.0 Å². The first-order valence-corrected chi connectivity index (χ1v) is 9.01.